The molecule has 0 radical (unpaired) electrons. The van der Waals surface area contributed by atoms with E-state index in [1.165, 1.54) is 0 Å². The molecule has 8 heteroatoms. The molecular weight excluding hydrogens is 414 g/mol. The molecule has 5 N–H and O–H groups in total. The van der Waals surface area contributed by atoms with E-state index < -0.39 is 16.2 Å². The van der Waals surface area contributed by atoms with Gasteiger partial charge >= 0.3 is 0 Å². The van der Waals surface area contributed by atoms with E-state index in [0.717, 1.165) is 33.5 Å². The zero-order chi connectivity index (χ0) is 22.2. The van der Waals surface area contributed by atoms with Crippen molar-refractivity contribution in [3.8, 4) is 0 Å². The average molecular weight is 444 g/mol. The van der Waals surface area contributed by atoms with Crippen LogP contribution in [0.5, 0.6) is 0 Å². The van der Waals surface area contributed by atoms with Crippen LogP contribution in [0.3, 0.4) is 0 Å². The number of nitrogens with zero attached hydrogens (tertiary/aromatic N) is 2. The SMILES string of the molecule is Cc1cccc2c(NCC(C)(O)CO)cc(N3CCS(O)(O)c4ccccc4C3)nc12. The number of rotatable bonds is 5. The zero-order valence-electron chi connectivity index (χ0n) is 17.7. The molecule has 1 aromatic heterocycles. The van der Waals surface area contributed by atoms with Gasteiger partial charge in [0.25, 0.3) is 0 Å². The van der Waals surface area contributed by atoms with Gasteiger partial charge in [-0.25, -0.2) is 4.98 Å². The molecule has 0 bridgehead atoms. The summed E-state index contributed by atoms with van der Waals surface area (Å²) in [4.78, 5) is 7.57. The first-order valence-electron chi connectivity index (χ1n) is 10.3. The predicted molar refractivity (Wildman–Crippen MR) is 126 cm³/mol. The first-order chi connectivity index (χ1) is 14.7. The molecule has 7 nitrogen and oxygen atoms in total. The van der Waals surface area contributed by atoms with Crippen LogP contribution >= 0.6 is 10.6 Å². The molecule has 4 rings (SSSR count). The van der Waals surface area contributed by atoms with E-state index in [-0.39, 0.29) is 18.9 Å². The van der Waals surface area contributed by atoms with Crippen molar-refractivity contribution in [3.05, 3.63) is 59.7 Å². The summed E-state index contributed by atoms with van der Waals surface area (Å²) in [7, 11) is -2.86. The third-order valence-corrected chi connectivity index (χ3v) is 7.54. The van der Waals surface area contributed by atoms with Gasteiger partial charge in [0.15, 0.2) is 0 Å². The van der Waals surface area contributed by atoms with Crippen LogP contribution in [0.2, 0.25) is 0 Å². The Bertz CT molecular complexity index is 1100. The number of benzene rings is 2. The molecule has 1 atom stereocenters. The topological polar surface area (TPSA) is 109 Å². The largest absolute Gasteiger partial charge is 0.393 e. The van der Waals surface area contributed by atoms with Gasteiger partial charge in [0.05, 0.1) is 22.8 Å². The summed E-state index contributed by atoms with van der Waals surface area (Å²) >= 11 is 0. The molecule has 0 spiro atoms. The van der Waals surface area contributed by atoms with Crippen molar-refractivity contribution < 1.29 is 19.3 Å². The summed E-state index contributed by atoms with van der Waals surface area (Å²) in [5, 5.41) is 23.8. The number of hydrogen-bond donors (Lipinski definition) is 5. The van der Waals surface area contributed by atoms with Crippen molar-refractivity contribution in [2.75, 3.05) is 35.7 Å². The van der Waals surface area contributed by atoms with Crippen LogP contribution in [0.1, 0.15) is 18.1 Å². The quantitative estimate of drug-likeness (QED) is 0.408. The van der Waals surface area contributed by atoms with Gasteiger partial charge in [-0.3, -0.25) is 9.11 Å². The highest BCUT2D eigenvalue weighted by Crippen LogP contribution is 2.51. The van der Waals surface area contributed by atoms with E-state index in [4.69, 9.17) is 4.98 Å². The predicted octanol–water partition coefficient (Wildman–Crippen LogP) is 3.83. The second-order valence-electron chi connectivity index (χ2n) is 8.41. The van der Waals surface area contributed by atoms with Crippen LogP contribution in [0.15, 0.2) is 53.4 Å². The third kappa shape index (κ3) is 4.49. The molecule has 3 aromatic rings. The van der Waals surface area contributed by atoms with Crippen molar-refractivity contribution in [1.29, 1.82) is 0 Å². The van der Waals surface area contributed by atoms with Crippen LogP contribution in [0, 0.1) is 6.92 Å². The molecule has 166 valence electrons. The Balaban J connectivity index is 1.76. The van der Waals surface area contributed by atoms with Crippen molar-refractivity contribution in [1.82, 2.24) is 4.98 Å². The number of aryl methyl sites for hydroxylation is 1. The molecule has 2 heterocycles. The number of para-hydroxylation sites is 1. The Morgan fingerprint density at radius 1 is 1.16 bits per heavy atom. The van der Waals surface area contributed by atoms with E-state index in [1.54, 1.807) is 13.0 Å². The van der Waals surface area contributed by atoms with Crippen LogP contribution in [-0.2, 0) is 6.54 Å². The van der Waals surface area contributed by atoms with E-state index in [2.05, 4.69) is 10.2 Å². The fourth-order valence-electron chi connectivity index (χ4n) is 3.81. The van der Waals surface area contributed by atoms with Gasteiger partial charge in [-0.15, -0.1) is 0 Å². The number of pyridine rings is 1. The van der Waals surface area contributed by atoms with Crippen molar-refractivity contribution >= 4 is 33.0 Å². The lowest BCUT2D eigenvalue weighted by molar-refractivity contribution is 0.0132. The summed E-state index contributed by atoms with van der Waals surface area (Å²) < 4.78 is 21.3. The number of nitrogens with one attached hydrogen (secondary N) is 1. The Morgan fingerprint density at radius 3 is 2.71 bits per heavy atom. The summed E-state index contributed by atoms with van der Waals surface area (Å²) in [6, 6.07) is 15.3. The Kier molecular flexibility index (Phi) is 5.85. The highest BCUT2D eigenvalue weighted by atomic mass is 32.3. The lowest BCUT2D eigenvalue weighted by Gasteiger charge is -2.32. The number of hydrogen-bond acceptors (Lipinski definition) is 7. The lowest BCUT2D eigenvalue weighted by Crippen LogP contribution is -2.37. The van der Waals surface area contributed by atoms with Crippen LogP contribution < -0.4 is 10.2 Å². The monoisotopic (exact) mass is 443 g/mol. The van der Waals surface area contributed by atoms with Crippen molar-refractivity contribution in [2.24, 2.45) is 0 Å². The van der Waals surface area contributed by atoms with Gasteiger partial charge in [-0.05, 0) is 31.0 Å². The Hall–Kier alpha value is -2.36. The summed E-state index contributed by atoms with van der Waals surface area (Å²) in [5.41, 5.74) is 2.30. The van der Waals surface area contributed by atoms with E-state index in [1.807, 2.05) is 49.4 Å². The molecule has 2 aromatic carbocycles. The maximum Gasteiger partial charge on any atom is 0.131 e. The molecular formula is C23H29N3O4S. The fraction of sp³-hybridized carbons (Fsp3) is 0.348. The van der Waals surface area contributed by atoms with Crippen LogP contribution in [-0.4, -0.2) is 55.4 Å². The number of aliphatic hydroxyl groups is 2. The standard InChI is InChI=1S/C23H29N3O4S/c1-16-6-5-8-18-19(24-14-23(2,28)15-27)12-21(25-22(16)18)26-10-11-31(29,30)20-9-4-3-7-17(20)13-26/h3-9,12,27-30H,10-11,13-15H2,1-2H3,(H,24,25). The highest BCUT2D eigenvalue weighted by Gasteiger charge is 2.27. The fourth-order valence-corrected chi connectivity index (χ4v) is 5.35. The van der Waals surface area contributed by atoms with E-state index in [0.29, 0.717) is 18.0 Å². The average Bonchev–Trinajstić information content (AvgIpc) is 2.88. The van der Waals surface area contributed by atoms with Gasteiger partial charge < -0.3 is 20.4 Å². The Morgan fingerprint density at radius 2 is 1.94 bits per heavy atom. The minimum atomic E-state index is -2.86. The molecule has 0 aliphatic carbocycles. The van der Waals surface area contributed by atoms with Crippen LogP contribution in [0.4, 0.5) is 11.5 Å². The summed E-state index contributed by atoms with van der Waals surface area (Å²) in [6.07, 6.45) is 0. The summed E-state index contributed by atoms with van der Waals surface area (Å²) in [6.45, 7) is 4.38. The lowest BCUT2D eigenvalue weighted by atomic mass is 10.1. The van der Waals surface area contributed by atoms with Gasteiger partial charge in [0, 0.05) is 36.8 Å². The number of fused-ring (bicyclic) bond motifs is 2. The molecule has 0 amide bonds. The molecule has 31 heavy (non-hydrogen) atoms. The smallest absolute Gasteiger partial charge is 0.131 e. The number of aromatic nitrogens is 1. The van der Waals surface area contributed by atoms with Gasteiger partial charge in [-0.1, -0.05) is 36.4 Å². The van der Waals surface area contributed by atoms with Gasteiger partial charge in [0.1, 0.15) is 11.4 Å². The minimum absolute atomic E-state index is 0.180. The van der Waals surface area contributed by atoms with Crippen molar-refractivity contribution in [3.63, 3.8) is 0 Å². The molecule has 0 fully saturated rings. The zero-order valence-corrected chi connectivity index (χ0v) is 18.6. The Labute approximate surface area is 183 Å². The van der Waals surface area contributed by atoms with Gasteiger partial charge in [-0.2, -0.15) is 10.6 Å². The maximum atomic E-state index is 10.7. The molecule has 0 saturated heterocycles. The van der Waals surface area contributed by atoms with E-state index in [9.17, 15) is 19.3 Å². The number of anilines is 2. The number of aliphatic hydroxyl groups excluding tert-OH is 1. The molecule has 1 aliphatic rings. The first-order valence-corrected chi connectivity index (χ1v) is 12.0. The summed E-state index contributed by atoms with van der Waals surface area (Å²) in [5.74, 6) is 0.958. The second kappa shape index (κ2) is 8.29. The molecule has 0 saturated carbocycles. The second-order valence-corrected chi connectivity index (χ2v) is 10.6. The third-order valence-electron chi connectivity index (χ3n) is 5.68. The molecule has 1 unspecified atom stereocenters. The van der Waals surface area contributed by atoms with Gasteiger partial charge in [0.2, 0.25) is 0 Å². The minimum Gasteiger partial charge on any atom is -0.393 e. The highest BCUT2D eigenvalue weighted by molar-refractivity contribution is 8.24. The maximum absolute atomic E-state index is 10.7. The normalized spacial score (nSPS) is 18.7. The molecule has 1 aliphatic heterocycles. The first kappa shape index (κ1) is 21.9. The van der Waals surface area contributed by atoms with Crippen molar-refractivity contribution in [2.45, 2.75) is 30.9 Å². The van der Waals surface area contributed by atoms with Crippen LogP contribution in [0.25, 0.3) is 10.9 Å². The van der Waals surface area contributed by atoms with E-state index >= 15 is 0 Å².